The van der Waals surface area contributed by atoms with Gasteiger partial charge in [-0.3, -0.25) is 4.79 Å². The van der Waals surface area contributed by atoms with E-state index < -0.39 is 5.56 Å². The van der Waals surface area contributed by atoms with Crippen LogP contribution >= 0.6 is 0 Å². The lowest BCUT2D eigenvalue weighted by atomic mass is 10.3. The summed E-state index contributed by atoms with van der Waals surface area (Å²) in [6.45, 7) is 2.50. The second-order valence-corrected chi connectivity index (χ2v) is 2.10. The summed E-state index contributed by atoms with van der Waals surface area (Å²) in [5.74, 6) is 0.337. The lowest BCUT2D eigenvalue weighted by Gasteiger charge is -2.00. The van der Waals surface area contributed by atoms with Crippen LogP contribution in [0.2, 0.25) is 0 Å². The average molecular weight is 164 g/mol. The van der Waals surface area contributed by atoms with Gasteiger partial charge in [-0.2, -0.15) is 5.26 Å². The molecule has 1 rings (SSSR count). The molecule has 62 valence electrons. The number of nitrogens with one attached hydrogen (secondary N) is 2. The molecule has 0 radical (unpaired) electrons. The fourth-order valence-corrected chi connectivity index (χ4v) is 0.805. The van der Waals surface area contributed by atoms with Crippen LogP contribution < -0.4 is 10.9 Å². The van der Waals surface area contributed by atoms with Crippen LogP contribution in [0.3, 0.4) is 0 Å². The first kappa shape index (κ1) is 8.27. The molecule has 0 saturated heterocycles. The van der Waals surface area contributed by atoms with E-state index in [-0.39, 0.29) is 5.56 Å². The Labute approximate surface area is 69.1 Å². The monoisotopic (exact) mass is 164 g/mol. The molecule has 0 bridgehead atoms. The second kappa shape index (κ2) is 3.53. The third-order valence-electron chi connectivity index (χ3n) is 1.31. The number of hydrogen-bond donors (Lipinski definition) is 2. The fraction of sp³-hybridized carbons (Fsp3) is 0.286. The molecule has 1 heterocycles. The van der Waals surface area contributed by atoms with Gasteiger partial charge in [-0.15, -0.1) is 0 Å². The highest BCUT2D eigenvalue weighted by Gasteiger charge is 2.05. The Morgan fingerprint density at radius 2 is 2.58 bits per heavy atom. The summed E-state index contributed by atoms with van der Waals surface area (Å²) >= 11 is 0. The molecule has 12 heavy (non-hydrogen) atoms. The third kappa shape index (κ3) is 1.42. The van der Waals surface area contributed by atoms with Crippen LogP contribution in [0.25, 0.3) is 0 Å². The topological polar surface area (TPSA) is 81.6 Å². The standard InChI is InChI=1S/C7H8N4O/c1-2-9-6-5(3-8)7(12)11-4-10-6/h4H,2H2,1H3,(H2,9,10,11,12). The summed E-state index contributed by atoms with van der Waals surface area (Å²) in [6, 6.07) is 1.78. The number of anilines is 1. The SMILES string of the molecule is CCNc1nc[nH]c(=O)c1C#N. The smallest absolute Gasteiger partial charge is 0.270 e. The quantitative estimate of drug-likeness (QED) is 0.648. The first-order chi connectivity index (χ1) is 5.79. The fourth-order valence-electron chi connectivity index (χ4n) is 0.805. The number of hydrogen-bond acceptors (Lipinski definition) is 4. The molecule has 1 aromatic heterocycles. The zero-order valence-corrected chi connectivity index (χ0v) is 6.59. The molecule has 0 atom stereocenters. The third-order valence-corrected chi connectivity index (χ3v) is 1.31. The first-order valence-corrected chi connectivity index (χ1v) is 3.51. The number of aromatic nitrogens is 2. The number of nitrogens with zero attached hydrogens (tertiary/aromatic N) is 2. The van der Waals surface area contributed by atoms with Crippen molar-refractivity contribution in [3.8, 4) is 6.07 Å². The van der Waals surface area contributed by atoms with Crippen LogP contribution in [-0.4, -0.2) is 16.5 Å². The minimum absolute atomic E-state index is 0.0272. The largest absolute Gasteiger partial charge is 0.369 e. The zero-order chi connectivity index (χ0) is 8.97. The lowest BCUT2D eigenvalue weighted by molar-refractivity contribution is 1.07. The number of aromatic amines is 1. The molecule has 2 N–H and O–H groups in total. The Morgan fingerprint density at radius 3 is 3.17 bits per heavy atom. The Hall–Kier alpha value is -1.83. The van der Waals surface area contributed by atoms with E-state index in [1.54, 1.807) is 6.07 Å². The molecule has 5 nitrogen and oxygen atoms in total. The molecular weight excluding hydrogens is 156 g/mol. The molecule has 5 heteroatoms. The maximum atomic E-state index is 11.0. The van der Waals surface area contributed by atoms with Crippen molar-refractivity contribution in [1.29, 1.82) is 5.26 Å². The van der Waals surface area contributed by atoms with Crippen molar-refractivity contribution in [1.82, 2.24) is 9.97 Å². The van der Waals surface area contributed by atoms with Gasteiger partial charge in [0.05, 0.1) is 6.33 Å². The van der Waals surface area contributed by atoms with E-state index in [9.17, 15) is 4.79 Å². The van der Waals surface area contributed by atoms with Gasteiger partial charge in [-0.1, -0.05) is 0 Å². The van der Waals surface area contributed by atoms with E-state index in [1.807, 2.05) is 6.92 Å². The minimum Gasteiger partial charge on any atom is -0.369 e. The van der Waals surface area contributed by atoms with Crippen molar-refractivity contribution in [2.75, 3.05) is 11.9 Å². The predicted molar refractivity (Wildman–Crippen MR) is 43.7 cm³/mol. The highest BCUT2D eigenvalue weighted by molar-refractivity contribution is 5.49. The van der Waals surface area contributed by atoms with Gasteiger partial charge in [0.2, 0.25) is 0 Å². The Morgan fingerprint density at radius 1 is 1.83 bits per heavy atom. The van der Waals surface area contributed by atoms with Gasteiger partial charge >= 0.3 is 0 Å². The van der Waals surface area contributed by atoms with Crippen molar-refractivity contribution in [2.45, 2.75) is 6.92 Å². The maximum absolute atomic E-state index is 11.0. The molecule has 1 aromatic rings. The van der Waals surface area contributed by atoms with E-state index in [0.29, 0.717) is 12.4 Å². The van der Waals surface area contributed by atoms with Gasteiger partial charge in [-0.05, 0) is 6.92 Å². The lowest BCUT2D eigenvalue weighted by Crippen LogP contribution is -2.14. The Balaban J connectivity index is 3.21. The summed E-state index contributed by atoms with van der Waals surface area (Å²) in [7, 11) is 0. The molecular formula is C7H8N4O. The van der Waals surface area contributed by atoms with E-state index in [2.05, 4.69) is 15.3 Å². The highest BCUT2D eigenvalue weighted by atomic mass is 16.1. The number of rotatable bonds is 2. The molecule has 0 unspecified atom stereocenters. The number of nitriles is 1. The average Bonchev–Trinajstić information content (AvgIpc) is 2.05. The summed E-state index contributed by atoms with van der Waals surface area (Å²) in [5.41, 5.74) is -0.386. The van der Waals surface area contributed by atoms with Crippen LogP contribution in [0, 0.1) is 11.3 Å². The molecule has 0 fully saturated rings. The maximum Gasteiger partial charge on any atom is 0.270 e. The molecule has 0 aromatic carbocycles. The summed E-state index contributed by atoms with van der Waals surface area (Å²) in [6.07, 6.45) is 1.27. The molecule has 0 aliphatic rings. The van der Waals surface area contributed by atoms with Crippen LogP contribution in [0.4, 0.5) is 5.82 Å². The first-order valence-electron chi connectivity index (χ1n) is 3.51. The Bertz CT molecular complexity index is 362. The van der Waals surface area contributed by atoms with E-state index >= 15 is 0 Å². The minimum atomic E-state index is -0.413. The zero-order valence-electron chi connectivity index (χ0n) is 6.59. The summed E-state index contributed by atoms with van der Waals surface area (Å²) < 4.78 is 0. The van der Waals surface area contributed by atoms with Crippen molar-refractivity contribution >= 4 is 5.82 Å². The molecule has 0 aliphatic carbocycles. The van der Waals surface area contributed by atoms with Gasteiger partial charge in [0.25, 0.3) is 5.56 Å². The van der Waals surface area contributed by atoms with Crippen molar-refractivity contribution in [3.63, 3.8) is 0 Å². The van der Waals surface area contributed by atoms with Gasteiger partial charge < -0.3 is 10.3 Å². The van der Waals surface area contributed by atoms with Gasteiger partial charge in [-0.25, -0.2) is 4.98 Å². The van der Waals surface area contributed by atoms with Crippen LogP contribution in [0.5, 0.6) is 0 Å². The number of H-pyrrole nitrogens is 1. The summed E-state index contributed by atoms with van der Waals surface area (Å²) in [4.78, 5) is 17.1. The van der Waals surface area contributed by atoms with E-state index in [0.717, 1.165) is 0 Å². The van der Waals surface area contributed by atoms with Crippen molar-refractivity contribution in [3.05, 3.63) is 22.2 Å². The van der Waals surface area contributed by atoms with E-state index in [4.69, 9.17) is 5.26 Å². The Kier molecular flexibility index (Phi) is 2.43. The van der Waals surface area contributed by atoms with Gasteiger partial charge in [0, 0.05) is 6.54 Å². The van der Waals surface area contributed by atoms with Crippen LogP contribution in [-0.2, 0) is 0 Å². The van der Waals surface area contributed by atoms with Crippen LogP contribution in [0.1, 0.15) is 12.5 Å². The van der Waals surface area contributed by atoms with Gasteiger partial charge in [0.15, 0.2) is 11.4 Å². The molecule has 0 amide bonds. The van der Waals surface area contributed by atoms with Crippen molar-refractivity contribution in [2.24, 2.45) is 0 Å². The normalized spacial score (nSPS) is 9.00. The predicted octanol–water partition coefficient (Wildman–Crippen LogP) is 0.0734. The van der Waals surface area contributed by atoms with Crippen molar-refractivity contribution < 1.29 is 0 Å². The molecule has 0 saturated carbocycles. The second-order valence-electron chi connectivity index (χ2n) is 2.10. The highest BCUT2D eigenvalue weighted by Crippen LogP contribution is 2.02. The molecule has 0 spiro atoms. The molecule has 0 aliphatic heterocycles. The summed E-state index contributed by atoms with van der Waals surface area (Å²) in [5, 5.41) is 11.4. The van der Waals surface area contributed by atoms with Crippen LogP contribution in [0.15, 0.2) is 11.1 Å². The van der Waals surface area contributed by atoms with E-state index in [1.165, 1.54) is 6.33 Å². The van der Waals surface area contributed by atoms with Gasteiger partial charge in [0.1, 0.15) is 6.07 Å².